The minimum atomic E-state index is -0.570. The van der Waals surface area contributed by atoms with E-state index < -0.39 is 11.5 Å². The number of hydrogen-bond donors (Lipinski definition) is 1. The Balaban J connectivity index is 1.98. The van der Waals surface area contributed by atoms with Crippen LogP contribution in [0.5, 0.6) is 0 Å². The quantitative estimate of drug-likeness (QED) is 0.166. The Bertz CT molecular complexity index is 811. The molecule has 0 saturated carbocycles. The van der Waals surface area contributed by atoms with Gasteiger partial charge in [-0.3, -0.25) is 0 Å². The standard InChI is InChI=1S/C30H35OS/c1-2-3-4-5-9-16-25(24-32)29(31)23-30(26-17-10-6-11-18-26,27-19-12-7-13-20-27)28-21-14-8-15-22-28/h6-8,10-15,17-22,25,29,31H,2-5,9,16,23H2,1H3. The van der Waals surface area contributed by atoms with Crippen molar-refractivity contribution in [3.8, 4) is 0 Å². The first-order valence-corrected chi connectivity index (χ1v) is 12.4. The molecular weight excluding hydrogens is 408 g/mol. The Labute approximate surface area is 199 Å². The Morgan fingerprint density at radius 3 is 1.56 bits per heavy atom. The van der Waals surface area contributed by atoms with Gasteiger partial charge in [0.05, 0.1) is 6.10 Å². The van der Waals surface area contributed by atoms with Crippen LogP contribution < -0.4 is 0 Å². The monoisotopic (exact) mass is 443 g/mol. The molecule has 3 aromatic rings. The number of rotatable bonds is 13. The van der Waals surface area contributed by atoms with Crippen molar-refractivity contribution in [2.75, 3.05) is 0 Å². The zero-order valence-corrected chi connectivity index (χ0v) is 19.9. The summed E-state index contributed by atoms with van der Waals surface area (Å²) in [7, 11) is 0. The highest BCUT2D eigenvalue weighted by atomic mass is 32.1. The third kappa shape index (κ3) is 5.94. The lowest BCUT2D eigenvalue weighted by molar-refractivity contribution is 0.111. The molecule has 0 fully saturated rings. The van der Waals surface area contributed by atoms with Crippen molar-refractivity contribution >= 4 is 17.6 Å². The highest BCUT2D eigenvalue weighted by Gasteiger charge is 2.39. The summed E-state index contributed by atoms with van der Waals surface area (Å²) in [4.78, 5) is 0. The molecule has 0 amide bonds. The molecule has 167 valence electrons. The van der Waals surface area contributed by atoms with Crippen LogP contribution in [0.4, 0.5) is 0 Å². The lowest BCUT2D eigenvalue weighted by atomic mass is 9.65. The number of unbranched alkanes of at least 4 members (excludes halogenated alkanes) is 4. The van der Waals surface area contributed by atoms with Gasteiger partial charge in [0.25, 0.3) is 0 Å². The maximum atomic E-state index is 11.5. The van der Waals surface area contributed by atoms with Gasteiger partial charge in [0.15, 0.2) is 0 Å². The largest absolute Gasteiger partial charge is 0.392 e. The fraction of sp³-hybridized carbons (Fsp3) is 0.367. The summed E-state index contributed by atoms with van der Waals surface area (Å²) in [6.07, 6.45) is 6.91. The molecule has 0 aliphatic carbocycles. The molecule has 0 aliphatic heterocycles. The van der Waals surface area contributed by atoms with E-state index in [0.29, 0.717) is 6.42 Å². The van der Waals surface area contributed by atoms with Gasteiger partial charge in [-0.1, -0.05) is 142 Å². The molecule has 0 saturated heterocycles. The molecule has 0 heterocycles. The second-order valence-electron chi connectivity index (χ2n) is 8.70. The van der Waals surface area contributed by atoms with Crippen LogP contribution in [0.1, 0.15) is 68.6 Å². The smallest absolute Gasteiger partial charge is 0.0632 e. The predicted octanol–water partition coefficient (Wildman–Crippen LogP) is 7.63. The maximum Gasteiger partial charge on any atom is 0.0632 e. The number of aliphatic hydroxyl groups is 1. The molecular formula is C30H35OS. The highest BCUT2D eigenvalue weighted by Crippen LogP contribution is 2.44. The molecule has 3 aromatic carbocycles. The topological polar surface area (TPSA) is 20.2 Å². The number of aliphatic hydroxyl groups excluding tert-OH is 1. The molecule has 0 spiro atoms. The van der Waals surface area contributed by atoms with E-state index in [1.807, 2.05) is 18.2 Å². The molecule has 1 radical (unpaired) electrons. The third-order valence-corrected chi connectivity index (χ3v) is 6.85. The van der Waals surface area contributed by atoms with E-state index in [1.165, 1.54) is 42.4 Å². The second kappa shape index (κ2) is 12.7. The Morgan fingerprint density at radius 1 is 0.719 bits per heavy atom. The van der Waals surface area contributed by atoms with E-state index in [1.54, 1.807) is 0 Å². The Hall–Kier alpha value is -2.29. The summed E-state index contributed by atoms with van der Waals surface area (Å²) < 4.78 is 0. The summed E-state index contributed by atoms with van der Waals surface area (Å²) in [6.45, 7) is 2.23. The van der Waals surface area contributed by atoms with Crippen molar-refractivity contribution in [3.05, 3.63) is 108 Å². The first kappa shape index (κ1) is 24.4. The summed E-state index contributed by atoms with van der Waals surface area (Å²) >= 11 is 5.28. The van der Waals surface area contributed by atoms with Crippen molar-refractivity contribution < 1.29 is 5.11 Å². The Morgan fingerprint density at radius 2 is 1.16 bits per heavy atom. The maximum absolute atomic E-state index is 11.5. The zero-order chi connectivity index (χ0) is 22.7. The van der Waals surface area contributed by atoms with Crippen LogP contribution in [0.2, 0.25) is 0 Å². The van der Waals surface area contributed by atoms with Crippen LogP contribution in [-0.2, 0) is 5.41 Å². The van der Waals surface area contributed by atoms with Gasteiger partial charge in [-0.25, -0.2) is 0 Å². The predicted molar refractivity (Wildman–Crippen MR) is 139 cm³/mol. The molecule has 2 atom stereocenters. The van der Waals surface area contributed by atoms with E-state index >= 15 is 0 Å². The van der Waals surface area contributed by atoms with Crippen LogP contribution in [0.15, 0.2) is 91.0 Å². The van der Waals surface area contributed by atoms with Gasteiger partial charge in [-0.2, -0.15) is 0 Å². The number of hydrogen-bond acceptors (Lipinski definition) is 2. The third-order valence-electron chi connectivity index (χ3n) is 6.55. The number of benzene rings is 3. The summed E-state index contributed by atoms with van der Waals surface area (Å²) in [5.74, 6) is -0.109. The summed E-state index contributed by atoms with van der Waals surface area (Å²) in [5.41, 5.74) is 3.09. The van der Waals surface area contributed by atoms with Crippen LogP contribution in [0.3, 0.4) is 0 Å². The SMILES string of the molecule is CCCCCCCC([C]=S)C(O)CC(c1ccccc1)(c1ccccc1)c1ccccc1. The van der Waals surface area contributed by atoms with Crippen molar-refractivity contribution in [1.29, 1.82) is 0 Å². The molecule has 0 aliphatic rings. The van der Waals surface area contributed by atoms with E-state index in [2.05, 4.69) is 85.1 Å². The van der Waals surface area contributed by atoms with E-state index in [4.69, 9.17) is 12.2 Å². The molecule has 3 rings (SSSR count). The fourth-order valence-electron chi connectivity index (χ4n) is 4.78. The van der Waals surface area contributed by atoms with Gasteiger partial charge >= 0.3 is 0 Å². The van der Waals surface area contributed by atoms with Gasteiger partial charge in [-0.15, -0.1) is 0 Å². The van der Waals surface area contributed by atoms with Gasteiger partial charge < -0.3 is 5.11 Å². The molecule has 2 unspecified atom stereocenters. The number of thiocarbonyl (C=S) groups is 1. The van der Waals surface area contributed by atoms with Crippen LogP contribution in [0, 0.1) is 5.92 Å². The van der Waals surface area contributed by atoms with Crippen molar-refractivity contribution in [1.82, 2.24) is 0 Å². The second-order valence-corrected chi connectivity index (χ2v) is 8.94. The van der Waals surface area contributed by atoms with Crippen LogP contribution in [-0.4, -0.2) is 16.6 Å². The van der Waals surface area contributed by atoms with Crippen LogP contribution in [0.25, 0.3) is 0 Å². The van der Waals surface area contributed by atoms with Gasteiger partial charge in [0.2, 0.25) is 0 Å². The van der Waals surface area contributed by atoms with Gasteiger partial charge in [0, 0.05) is 16.7 Å². The highest BCUT2D eigenvalue weighted by molar-refractivity contribution is 7.79. The summed E-state index contributed by atoms with van der Waals surface area (Å²) in [5, 5.41) is 14.5. The van der Waals surface area contributed by atoms with Crippen molar-refractivity contribution in [3.63, 3.8) is 0 Å². The molecule has 1 nitrogen and oxygen atoms in total. The molecule has 0 aromatic heterocycles. The molecule has 0 bridgehead atoms. The molecule has 1 N–H and O–H groups in total. The lowest BCUT2D eigenvalue weighted by Crippen LogP contribution is -2.37. The Kier molecular flexibility index (Phi) is 9.64. The van der Waals surface area contributed by atoms with Gasteiger partial charge in [0.1, 0.15) is 0 Å². The first-order valence-electron chi connectivity index (χ1n) is 11.9. The fourth-order valence-corrected chi connectivity index (χ4v) is 5.05. The normalized spacial score (nSPS) is 13.4. The first-order chi connectivity index (χ1) is 15.7. The van der Waals surface area contributed by atoms with E-state index in [0.717, 1.165) is 12.8 Å². The van der Waals surface area contributed by atoms with Gasteiger partial charge in [-0.05, 0) is 29.5 Å². The van der Waals surface area contributed by atoms with Crippen molar-refractivity contribution in [2.24, 2.45) is 5.92 Å². The summed E-state index contributed by atoms with van der Waals surface area (Å²) in [6, 6.07) is 31.7. The lowest BCUT2D eigenvalue weighted by Gasteiger charge is -2.39. The minimum absolute atomic E-state index is 0.109. The molecule has 32 heavy (non-hydrogen) atoms. The minimum Gasteiger partial charge on any atom is -0.392 e. The van der Waals surface area contributed by atoms with E-state index in [-0.39, 0.29) is 5.92 Å². The van der Waals surface area contributed by atoms with Crippen molar-refractivity contribution in [2.45, 2.75) is 63.4 Å². The van der Waals surface area contributed by atoms with E-state index in [9.17, 15) is 5.11 Å². The zero-order valence-electron chi connectivity index (χ0n) is 19.1. The van der Waals surface area contributed by atoms with Crippen LogP contribution >= 0.6 is 12.2 Å². The average Bonchev–Trinajstić information content (AvgIpc) is 2.86. The average molecular weight is 444 g/mol. The molecule has 2 heteroatoms.